The molecule has 3 rings (SSSR count). The number of aromatic nitrogens is 1. The third kappa shape index (κ3) is 1.30. The van der Waals surface area contributed by atoms with Crippen LogP contribution in [0, 0.1) is 56.2 Å². The highest BCUT2D eigenvalue weighted by Crippen LogP contribution is 2.62. The Kier molecular flexibility index (Phi) is 2.49. The summed E-state index contributed by atoms with van der Waals surface area (Å²) in [7, 11) is 0. The third-order valence-electron chi connectivity index (χ3n) is 4.37. The number of nitrogens with zero attached hydrogens (tertiary/aromatic N) is 5. The van der Waals surface area contributed by atoms with E-state index in [4.69, 9.17) is 0 Å². The first-order valence-electron chi connectivity index (χ1n) is 6.38. The summed E-state index contributed by atoms with van der Waals surface area (Å²) < 4.78 is 1.83. The van der Waals surface area contributed by atoms with E-state index >= 15 is 0 Å². The Bertz CT molecular complexity index is 866. The summed E-state index contributed by atoms with van der Waals surface area (Å²) in [6, 6.07) is 16.6. The van der Waals surface area contributed by atoms with Crippen molar-refractivity contribution in [3.05, 3.63) is 36.5 Å². The van der Waals surface area contributed by atoms with Crippen LogP contribution in [0.2, 0.25) is 0 Å². The van der Waals surface area contributed by atoms with Gasteiger partial charge in [0, 0.05) is 18.1 Å². The maximum absolute atomic E-state index is 9.49. The van der Waals surface area contributed by atoms with Crippen molar-refractivity contribution in [3.8, 4) is 24.3 Å². The van der Waals surface area contributed by atoms with Gasteiger partial charge in [-0.25, -0.2) is 0 Å². The Morgan fingerprint density at radius 1 is 0.952 bits per heavy atom. The van der Waals surface area contributed by atoms with Gasteiger partial charge in [0.15, 0.2) is 10.8 Å². The van der Waals surface area contributed by atoms with Gasteiger partial charge < -0.3 is 4.57 Å². The SMILES string of the molecule is N#CC1(C#N)CC(n2ccc3ccccc32)C1(C#N)C#N. The molecule has 0 spiro atoms. The van der Waals surface area contributed by atoms with Crippen LogP contribution >= 0.6 is 0 Å². The van der Waals surface area contributed by atoms with Crippen LogP contribution in [0.3, 0.4) is 0 Å². The molecule has 0 saturated heterocycles. The molecule has 1 saturated carbocycles. The van der Waals surface area contributed by atoms with Gasteiger partial charge in [-0.2, -0.15) is 21.0 Å². The van der Waals surface area contributed by atoms with Crippen LogP contribution in [0.1, 0.15) is 12.5 Å². The zero-order chi connectivity index (χ0) is 15.1. The molecule has 0 aliphatic heterocycles. The number of rotatable bonds is 1. The predicted octanol–water partition coefficient (Wildman–Crippen LogP) is 2.65. The van der Waals surface area contributed by atoms with E-state index < -0.39 is 16.9 Å². The van der Waals surface area contributed by atoms with Crippen LogP contribution in [0.5, 0.6) is 0 Å². The summed E-state index contributed by atoms with van der Waals surface area (Å²) >= 11 is 0. The van der Waals surface area contributed by atoms with E-state index in [1.165, 1.54) is 0 Å². The smallest absolute Gasteiger partial charge is 0.195 e. The highest BCUT2D eigenvalue weighted by atomic mass is 15.1. The highest BCUT2D eigenvalue weighted by Gasteiger charge is 2.70. The van der Waals surface area contributed by atoms with E-state index in [-0.39, 0.29) is 6.42 Å². The Morgan fingerprint density at radius 3 is 2.24 bits per heavy atom. The van der Waals surface area contributed by atoms with Crippen molar-refractivity contribution in [1.29, 1.82) is 21.0 Å². The monoisotopic (exact) mass is 271 g/mol. The van der Waals surface area contributed by atoms with Gasteiger partial charge in [-0.05, 0) is 17.5 Å². The molecule has 98 valence electrons. The third-order valence-corrected chi connectivity index (χ3v) is 4.37. The van der Waals surface area contributed by atoms with Crippen molar-refractivity contribution in [2.45, 2.75) is 12.5 Å². The second kappa shape index (κ2) is 4.11. The van der Waals surface area contributed by atoms with Crippen molar-refractivity contribution in [2.24, 2.45) is 10.8 Å². The molecule has 1 heterocycles. The lowest BCUT2D eigenvalue weighted by atomic mass is 9.48. The molecule has 0 amide bonds. The second-order valence-corrected chi connectivity index (χ2v) is 5.16. The van der Waals surface area contributed by atoms with Gasteiger partial charge in [0.2, 0.25) is 0 Å². The van der Waals surface area contributed by atoms with E-state index in [2.05, 4.69) is 0 Å². The van der Waals surface area contributed by atoms with Crippen molar-refractivity contribution in [2.75, 3.05) is 0 Å². The van der Waals surface area contributed by atoms with Crippen LogP contribution in [0.25, 0.3) is 10.9 Å². The lowest BCUT2D eigenvalue weighted by Crippen LogP contribution is -2.56. The van der Waals surface area contributed by atoms with E-state index in [9.17, 15) is 21.0 Å². The molecule has 0 bridgehead atoms. The molecule has 21 heavy (non-hydrogen) atoms. The summed E-state index contributed by atoms with van der Waals surface area (Å²) in [5.74, 6) is 0. The maximum atomic E-state index is 9.49. The first-order valence-corrected chi connectivity index (χ1v) is 6.38. The Labute approximate surface area is 121 Å². The highest BCUT2D eigenvalue weighted by molar-refractivity contribution is 5.80. The van der Waals surface area contributed by atoms with Crippen LogP contribution in [0.15, 0.2) is 36.5 Å². The fraction of sp³-hybridized carbons (Fsp3) is 0.250. The number of benzene rings is 1. The molecule has 1 fully saturated rings. The fourth-order valence-corrected chi connectivity index (χ4v) is 3.10. The van der Waals surface area contributed by atoms with Crippen molar-refractivity contribution in [1.82, 2.24) is 4.57 Å². The molecule has 1 aliphatic rings. The molecule has 1 aromatic heterocycles. The minimum atomic E-state index is -1.64. The van der Waals surface area contributed by atoms with Gasteiger partial charge >= 0.3 is 0 Å². The molecule has 1 aliphatic carbocycles. The van der Waals surface area contributed by atoms with Gasteiger partial charge in [-0.3, -0.25) is 0 Å². The average Bonchev–Trinajstić information content (AvgIpc) is 2.93. The lowest BCUT2D eigenvalue weighted by molar-refractivity contribution is 0.0479. The van der Waals surface area contributed by atoms with Crippen LogP contribution in [0.4, 0.5) is 0 Å². The predicted molar refractivity (Wildman–Crippen MR) is 72.9 cm³/mol. The molecule has 0 radical (unpaired) electrons. The van der Waals surface area contributed by atoms with Gasteiger partial charge in [0.25, 0.3) is 0 Å². The number of fused-ring (bicyclic) bond motifs is 1. The topological polar surface area (TPSA) is 100 Å². The van der Waals surface area contributed by atoms with Gasteiger partial charge in [-0.15, -0.1) is 0 Å². The van der Waals surface area contributed by atoms with E-state index in [1.54, 1.807) is 6.20 Å². The van der Waals surface area contributed by atoms with E-state index in [0.29, 0.717) is 0 Å². The molecule has 1 aromatic carbocycles. The standard InChI is InChI=1S/C16H9N5/c17-8-15(9-18)7-14(16(15,10-19)11-20)21-6-5-12-3-1-2-4-13(12)21/h1-6,14H,7H2. The minimum Gasteiger partial charge on any atom is -0.342 e. The molecule has 0 N–H and O–H groups in total. The largest absolute Gasteiger partial charge is 0.342 e. The first-order chi connectivity index (χ1) is 10.2. The summed E-state index contributed by atoms with van der Waals surface area (Å²) in [4.78, 5) is 0. The average molecular weight is 271 g/mol. The summed E-state index contributed by atoms with van der Waals surface area (Å²) in [5, 5.41) is 38.5. The zero-order valence-electron chi connectivity index (χ0n) is 11.0. The molecular weight excluding hydrogens is 262 g/mol. The van der Waals surface area contributed by atoms with Crippen molar-refractivity contribution >= 4 is 10.9 Å². The minimum absolute atomic E-state index is 0.180. The molecule has 1 unspecified atom stereocenters. The van der Waals surface area contributed by atoms with Crippen molar-refractivity contribution < 1.29 is 0 Å². The van der Waals surface area contributed by atoms with Crippen LogP contribution in [-0.4, -0.2) is 4.57 Å². The molecule has 2 aromatic rings. The van der Waals surface area contributed by atoms with Crippen LogP contribution < -0.4 is 0 Å². The maximum Gasteiger partial charge on any atom is 0.195 e. The fourth-order valence-electron chi connectivity index (χ4n) is 3.10. The number of para-hydroxylation sites is 1. The zero-order valence-corrected chi connectivity index (χ0v) is 11.0. The Balaban J connectivity index is 2.19. The van der Waals surface area contributed by atoms with Gasteiger partial charge in [-0.1, -0.05) is 18.2 Å². The van der Waals surface area contributed by atoms with Gasteiger partial charge in [0.05, 0.1) is 30.3 Å². The summed E-state index contributed by atoms with van der Waals surface area (Å²) in [6.07, 6.45) is 1.98. The normalized spacial score (nSPS) is 21.2. The molecular formula is C16H9N5. The quantitative estimate of drug-likeness (QED) is 0.795. The second-order valence-electron chi connectivity index (χ2n) is 5.16. The first kappa shape index (κ1) is 12.7. The number of hydrogen-bond donors (Lipinski definition) is 0. The Morgan fingerprint density at radius 2 is 1.62 bits per heavy atom. The van der Waals surface area contributed by atoms with Gasteiger partial charge in [0.1, 0.15) is 0 Å². The number of nitriles is 4. The van der Waals surface area contributed by atoms with E-state index in [1.807, 2.05) is 59.2 Å². The van der Waals surface area contributed by atoms with E-state index in [0.717, 1.165) is 10.9 Å². The lowest BCUT2D eigenvalue weighted by Gasteiger charge is -2.49. The molecule has 1 atom stereocenters. The summed E-state index contributed by atoms with van der Waals surface area (Å²) in [5.41, 5.74) is -2.31. The summed E-state index contributed by atoms with van der Waals surface area (Å²) in [6.45, 7) is 0. The van der Waals surface area contributed by atoms with Crippen LogP contribution in [-0.2, 0) is 0 Å². The number of hydrogen-bond acceptors (Lipinski definition) is 4. The molecule has 5 heteroatoms. The van der Waals surface area contributed by atoms with Crippen molar-refractivity contribution in [3.63, 3.8) is 0 Å². The molecule has 5 nitrogen and oxygen atoms in total. The Hall–Kier alpha value is -3.28.